The molecule has 2 aliphatic rings. The lowest BCUT2D eigenvalue weighted by molar-refractivity contribution is -0.143. The summed E-state index contributed by atoms with van der Waals surface area (Å²) >= 11 is 0. The predicted octanol–water partition coefficient (Wildman–Crippen LogP) is 3.37. The summed E-state index contributed by atoms with van der Waals surface area (Å²) in [7, 11) is 0. The number of ether oxygens (including phenoxy) is 2. The molecule has 0 aliphatic carbocycles. The molecule has 2 saturated heterocycles. The van der Waals surface area contributed by atoms with Crippen molar-refractivity contribution in [3.8, 4) is 5.75 Å². The summed E-state index contributed by atoms with van der Waals surface area (Å²) < 4.78 is 11.7. The molecule has 19 heteroatoms. The Morgan fingerprint density at radius 3 is 1.88 bits per heavy atom. The third-order valence-corrected chi connectivity index (χ3v) is 13.7. The van der Waals surface area contributed by atoms with E-state index in [-0.39, 0.29) is 58.3 Å². The minimum atomic E-state index is -1.42. The molecule has 5 aromatic carbocycles. The van der Waals surface area contributed by atoms with Crippen molar-refractivity contribution in [1.29, 1.82) is 0 Å². The number of para-hydroxylation sites is 2. The van der Waals surface area contributed by atoms with Gasteiger partial charge in [-0.25, -0.2) is 4.79 Å². The van der Waals surface area contributed by atoms with E-state index in [1.807, 2.05) is 84.9 Å². The van der Waals surface area contributed by atoms with E-state index < -0.39 is 83.9 Å². The first-order valence-corrected chi connectivity index (χ1v) is 26.0. The van der Waals surface area contributed by atoms with Crippen molar-refractivity contribution in [2.45, 2.75) is 93.9 Å². The number of nitrogens with two attached hydrogens (primary N) is 2. The first kappa shape index (κ1) is 54.7. The van der Waals surface area contributed by atoms with Crippen molar-refractivity contribution in [3.63, 3.8) is 0 Å². The van der Waals surface area contributed by atoms with Gasteiger partial charge in [-0.2, -0.15) is 0 Å². The van der Waals surface area contributed by atoms with Crippen molar-refractivity contribution >= 4 is 52.4 Å². The second-order valence-corrected chi connectivity index (χ2v) is 19.2. The summed E-state index contributed by atoms with van der Waals surface area (Å²) in [6.07, 6.45) is 0.681. The fourth-order valence-electron chi connectivity index (χ4n) is 9.64. The largest absolute Gasteiger partial charge is 0.489 e. The van der Waals surface area contributed by atoms with E-state index in [0.717, 1.165) is 16.5 Å². The maximum Gasteiger partial charge on any atom is 0.407 e. The van der Waals surface area contributed by atoms with Crippen LogP contribution in [0.25, 0.3) is 10.9 Å². The van der Waals surface area contributed by atoms with E-state index in [0.29, 0.717) is 47.4 Å². The third-order valence-electron chi connectivity index (χ3n) is 13.7. The number of amides is 7. The normalized spacial score (nSPS) is 21.6. The van der Waals surface area contributed by atoms with Gasteiger partial charge in [0.05, 0.1) is 6.54 Å². The minimum Gasteiger partial charge on any atom is -0.489 e. The van der Waals surface area contributed by atoms with Gasteiger partial charge >= 0.3 is 6.09 Å². The molecule has 0 bridgehead atoms. The molecule has 2 fully saturated rings. The van der Waals surface area contributed by atoms with Crippen LogP contribution in [0.15, 0.2) is 146 Å². The van der Waals surface area contributed by atoms with Gasteiger partial charge in [-0.3, -0.25) is 28.8 Å². The van der Waals surface area contributed by atoms with E-state index in [1.54, 1.807) is 60.8 Å². The lowest BCUT2D eigenvalue weighted by Crippen LogP contribution is -2.61. The molecule has 2 aliphatic heterocycles. The molecule has 8 rings (SSSR count). The molecule has 7 atom stereocenters. The van der Waals surface area contributed by atoms with Gasteiger partial charge in [-0.1, -0.05) is 121 Å². The number of unbranched alkanes of at least 4 members (excludes halogenated alkanes) is 1. The van der Waals surface area contributed by atoms with Crippen LogP contribution >= 0.6 is 0 Å². The van der Waals surface area contributed by atoms with E-state index in [4.69, 9.17) is 20.9 Å². The Morgan fingerprint density at radius 1 is 0.584 bits per heavy atom. The Bertz CT molecular complexity index is 2960. The Balaban J connectivity index is 1.19. The monoisotopic (exact) mass is 1050 g/mol. The molecular formula is C58H66N10O9. The van der Waals surface area contributed by atoms with Crippen LogP contribution < -0.4 is 48.1 Å². The van der Waals surface area contributed by atoms with Crippen LogP contribution in [0.1, 0.15) is 59.5 Å². The summed E-state index contributed by atoms with van der Waals surface area (Å²) in [6.45, 7) is 0.569. The molecular weight excluding hydrogens is 981 g/mol. The highest BCUT2D eigenvalue weighted by atomic mass is 16.6. The van der Waals surface area contributed by atoms with E-state index in [1.165, 1.54) is 4.90 Å². The van der Waals surface area contributed by atoms with Gasteiger partial charge in [-0.05, 0) is 71.8 Å². The molecule has 0 spiro atoms. The van der Waals surface area contributed by atoms with Crippen LogP contribution in [0.2, 0.25) is 0 Å². The van der Waals surface area contributed by atoms with Gasteiger partial charge in [0, 0.05) is 55.9 Å². The topological polar surface area (TPSA) is 281 Å². The quantitative estimate of drug-likeness (QED) is 0.0598. The van der Waals surface area contributed by atoms with Crippen molar-refractivity contribution < 1.29 is 43.0 Å². The zero-order valence-electron chi connectivity index (χ0n) is 42.7. The van der Waals surface area contributed by atoms with Crippen LogP contribution in [0.4, 0.5) is 4.79 Å². The standard InChI is InChI=1S/C58H66N10O9/c59-27-13-12-22-46-52(69)64-47(30-38-23-25-39(26-24-38)36-76-42-18-8-3-9-19-42)53(70)66-49(31-37-14-4-1-5-15-37)57(74)68-35-43(77-58(75)61-29-28-60)33-50(68)55(72)67-51(40-16-6-2-7-17-40)56(73)65-48(54(71)63-46)32-41-34-62-45-21-11-10-20-44(41)45/h1-11,14-21,23-26,34,43,46-51,62H,12-13,22,27-33,35-36,59-60H2,(H,61,75)(H,63,71)(H,64,69)(H,65,73)(H,66,70)(H,67,72)/t43-,46+,47+,48-,49+,50+,51+/m1/s1. The summed E-state index contributed by atoms with van der Waals surface area (Å²) in [4.78, 5) is 107. The number of fused-ring (bicyclic) bond motifs is 2. The van der Waals surface area contributed by atoms with E-state index >= 15 is 9.59 Å². The highest BCUT2D eigenvalue weighted by Gasteiger charge is 2.45. The Hall–Kier alpha value is -8.55. The third kappa shape index (κ3) is 14.9. The Labute approximate surface area is 446 Å². The number of aromatic amines is 1. The number of nitrogens with one attached hydrogen (secondary N) is 7. The molecule has 11 N–H and O–H groups in total. The van der Waals surface area contributed by atoms with Crippen molar-refractivity contribution in [1.82, 2.24) is 41.8 Å². The lowest BCUT2D eigenvalue weighted by atomic mass is 9.99. The summed E-state index contributed by atoms with van der Waals surface area (Å²) in [5, 5.41) is 17.9. The zero-order chi connectivity index (χ0) is 54.1. The summed E-state index contributed by atoms with van der Waals surface area (Å²) in [5.74, 6) is -3.62. The molecule has 6 aromatic rings. The number of benzene rings is 5. The van der Waals surface area contributed by atoms with Crippen LogP contribution in [0.5, 0.6) is 5.75 Å². The number of carbonyl (C=O) groups excluding carboxylic acids is 7. The number of alkyl carbamates (subject to hydrolysis) is 1. The van der Waals surface area contributed by atoms with Crippen molar-refractivity contribution in [3.05, 3.63) is 174 Å². The minimum absolute atomic E-state index is 0.0372. The Kier molecular flexibility index (Phi) is 19.0. The van der Waals surface area contributed by atoms with Crippen LogP contribution in [0, 0.1) is 0 Å². The number of carbonyl (C=O) groups is 7. The van der Waals surface area contributed by atoms with Gasteiger partial charge in [0.15, 0.2) is 0 Å². The summed E-state index contributed by atoms with van der Waals surface area (Å²) in [6, 6.07) is 33.6. The molecule has 1 aromatic heterocycles. The molecule has 77 heavy (non-hydrogen) atoms. The average molecular weight is 1050 g/mol. The van der Waals surface area contributed by atoms with Gasteiger partial charge in [0.25, 0.3) is 0 Å². The number of rotatable bonds is 17. The van der Waals surface area contributed by atoms with Crippen LogP contribution in [-0.4, -0.2) is 114 Å². The number of nitrogens with zero attached hydrogens (tertiary/aromatic N) is 1. The Morgan fingerprint density at radius 2 is 1.17 bits per heavy atom. The lowest BCUT2D eigenvalue weighted by Gasteiger charge is -2.32. The highest BCUT2D eigenvalue weighted by molar-refractivity contribution is 5.99. The smallest absolute Gasteiger partial charge is 0.407 e. The molecule has 19 nitrogen and oxygen atoms in total. The summed E-state index contributed by atoms with van der Waals surface area (Å²) in [5.41, 5.74) is 15.6. The number of hydrogen-bond donors (Lipinski definition) is 9. The van der Waals surface area contributed by atoms with Gasteiger partial charge in [0.2, 0.25) is 35.4 Å². The average Bonchev–Trinajstić information content (AvgIpc) is 4.08. The predicted molar refractivity (Wildman–Crippen MR) is 288 cm³/mol. The second kappa shape index (κ2) is 26.8. The fourth-order valence-corrected chi connectivity index (χ4v) is 9.64. The maximum atomic E-state index is 15.3. The highest BCUT2D eigenvalue weighted by Crippen LogP contribution is 2.26. The van der Waals surface area contributed by atoms with Crippen LogP contribution in [-0.2, 0) is 59.4 Å². The SMILES string of the molecule is NCCCC[C@@H]1NC(=O)[C@@H](Cc2c[nH]c3ccccc23)NC(=O)[C@H](c2ccccc2)NC(=O)[C@@H]2C[C@@H](OC(=O)NCCN)CN2C(=O)[C@H](Cc2ccccc2)NC(=O)[C@H](Cc2ccc(COc3ccccc3)cc2)NC1=O. The van der Waals surface area contributed by atoms with Crippen LogP contribution in [0.3, 0.4) is 0 Å². The number of hydrogen-bond acceptors (Lipinski definition) is 11. The molecule has 7 amide bonds. The van der Waals surface area contributed by atoms with Crippen molar-refractivity contribution in [2.75, 3.05) is 26.2 Å². The van der Waals surface area contributed by atoms with E-state index in [2.05, 4.69) is 36.9 Å². The molecule has 0 radical (unpaired) electrons. The number of aromatic nitrogens is 1. The van der Waals surface area contributed by atoms with Gasteiger partial charge in [0.1, 0.15) is 54.7 Å². The zero-order valence-corrected chi connectivity index (χ0v) is 42.7. The van der Waals surface area contributed by atoms with Gasteiger partial charge in [-0.15, -0.1) is 0 Å². The van der Waals surface area contributed by atoms with Gasteiger partial charge < -0.3 is 62.7 Å². The molecule has 0 unspecified atom stereocenters. The maximum absolute atomic E-state index is 15.3. The molecule has 3 heterocycles. The second-order valence-electron chi connectivity index (χ2n) is 19.2. The number of H-pyrrole nitrogens is 1. The molecule has 402 valence electrons. The van der Waals surface area contributed by atoms with E-state index in [9.17, 15) is 24.0 Å². The first-order valence-electron chi connectivity index (χ1n) is 26.0. The molecule has 0 saturated carbocycles. The van der Waals surface area contributed by atoms with Crippen molar-refractivity contribution in [2.24, 2.45) is 11.5 Å². The first-order chi connectivity index (χ1) is 37.5. The fraction of sp³-hybridized carbons (Fsp3) is 0.328.